The molecule has 0 aliphatic rings. The lowest BCUT2D eigenvalue weighted by Crippen LogP contribution is -2.30. The quantitative estimate of drug-likeness (QED) is 0.293. The van der Waals surface area contributed by atoms with Crippen LogP contribution in [0, 0.1) is 10.1 Å². The molecule has 1 amide bonds. The van der Waals surface area contributed by atoms with Crippen LogP contribution < -0.4 is 10.9 Å². The lowest BCUT2D eigenvalue weighted by molar-refractivity contribution is -0.384. The Morgan fingerprint density at radius 2 is 1.85 bits per heavy atom. The zero-order valence-corrected chi connectivity index (χ0v) is 17.4. The van der Waals surface area contributed by atoms with E-state index in [4.69, 9.17) is 0 Å². The van der Waals surface area contributed by atoms with Gasteiger partial charge >= 0.3 is 6.18 Å². The molecule has 2 heterocycles. The molecule has 4 aromatic rings. The van der Waals surface area contributed by atoms with Crippen LogP contribution in [0.25, 0.3) is 16.3 Å². The van der Waals surface area contributed by atoms with Crippen molar-refractivity contribution in [1.82, 2.24) is 15.2 Å². The molecule has 0 radical (unpaired) electrons. The van der Waals surface area contributed by atoms with Crippen molar-refractivity contribution >= 4 is 28.6 Å². The van der Waals surface area contributed by atoms with Gasteiger partial charge in [-0.3, -0.25) is 25.8 Å². The third-order valence-electron chi connectivity index (χ3n) is 4.57. The number of hydrogen-bond acceptors (Lipinski definition) is 6. The molecule has 2 aromatic heterocycles. The van der Waals surface area contributed by atoms with Crippen molar-refractivity contribution in [3.63, 3.8) is 0 Å². The molecule has 0 bridgehead atoms. The van der Waals surface area contributed by atoms with Gasteiger partial charge in [0.05, 0.1) is 26.6 Å². The van der Waals surface area contributed by atoms with E-state index in [1.807, 2.05) is 23.6 Å². The number of para-hydroxylation sites is 1. The standard InChI is InChI=1S/C21H14F3N5O3S/c22-21(23,24)13-8-9-16(17(11-13)29(31)32)25-26-20(30)15-12-28(14-5-2-1-3-6-14)27-19(15)18-7-4-10-33-18/h1-12,25H,(H,26,30). The van der Waals surface area contributed by atoms with Crippen molar-refractivity contribution in [3.8, 4) is 16.3 Å². The lowest BCUT2D eigenvalue weighted by atomic mass is 10.1. The van der Waals surface area contributed by atoms with Crippen LogP contribution in [0.15, 0.2) is 72.2 Å². The second kappa shape index (κ2) is 8.74. The maximum Gasteiger partial charge on any atom is 0.416 e. The fourth-order valence-electron chi connectivity index (χ4n) is 3.00. The minimum atomic E-state index is -4.74. The predicted molar refractivity (Wildman–Crippen MR) is 116 cm³/mol. The predicted octanol–water partition coefficient (Wildman–Crippen LogP) is 5.28. The number of halogens is 3. The third-order valence-corrected chi connectivity index (χ3v) is 5.44. The smallest absolute Gasteiger partial charge is 0.292 e. The Hall–Kier alpha value is -4.19. The van der Waals surface area contributed by atoms with E-state index in [-0.39, 0.29) is 11.3 Å². The fourth-order valence-corrected chi connectivity index (χ4v) is 3.73. The summed E-state index contributed by atoms with van der Waals surface area (Å²) in [5.41, 5.74) is 3.63. The summed E-state index contributed by atoms with van der Waals surface area (Å²) in [5.74, 6) is -0.672. The highest BCUT2D eigenvalue weighted by atomic mass is 32.1. The highest BCUT2D eigenvalue weighted by Gasteiger charge is 2.33. The molecular formula is C21H14F3N5O3S. The van der Waals surface area contributed by atoms with Gasteiger partial charge in [-0.1, -0.05) is 24.3 Å². The first-order valence-corrected chi connectivity index (χ1v) is 10.2. The molecule has 0 fully saturated rings. The SMILES string of the molecule is O=C(NNc1ccc(C(F)(F)F)cc1[N+](=O)[O-])c1cn(-c2ccccc2)nc1-c1cccs1. The number of aromatic nitrogens is 2. The number of carbonyl (C=O) groups is 1. The minimum Gasteiger partial charge on any atom is -0.292 e. The number of thiophene rings is 1. The topological polar surface area (TPSA) is 102 Å². The molecule has 0 spiro atoms. The molecule has 8 nitrogen and oxygen atoms in total. The van der Waals surface area contributed by atoms with Crippen molar-refractivity contribution in [3.05, 3.63) is 93.5 Å². The first-order valence-electron chi connectivity index (χ1n) is 9.35. The number of alkyl halides is 3. The van der Waals surface area contributed by atoms with Crippen LogP contribution >= 0.6 is 11.3 Å². The third kappa shape index (κ3) is 4.70. The lowest BCUT2D eigenvalue weighted by Gasteiger charge is -2.11. The number of nitro benzene ring substituents is 1. The summed E-state index contributed by atoms with van der Waals surface area (Å²) >= 11 is 1.37. The van der Waals surface area contributed by atoms with E-state index in [0.717, 1.165) is 10.9 Å². The molecule has 0 aliphatic heterocycles. The largest absolute Gasteiger partial charge is 0.416 e. The van der Waals surface area contributed by atoms with Gasteiger partial charge in [-0.05, 0) is 35.7 Å². The normalized spacial score (nSPS) is 11.2. The molecule has 33 heavy (non-hydrogen) atoms. The molecule has 0 atom stereocenters. The van der Waals surface area contributed by atoms with Gasteiger partial charge in [-0.25, -0.2) is 4.68 Å². The first-order chi connectivity index (χ1) is 15.7. The molecule has 12 heteroatoms. The Morgan fingerprint density at radius 1 is 1.09 bits per heavy atom. The van der Waals surface area contributed by atoms with Crippen LogP contribution in [-0.4, -0.2) is 20.6 Å². The highest BCUT2D eigenvalue weighted by Crippen LogP contribution is 2.35. The average molecular weight is 473 g/mol. The van der Waals surface area contributed by atoms with Gasteiger partial charge in [0.2, 0.25) is 0 Å². The van der Waals surface area contributed by atoms with E-state index in [9.17, 15) is 28.1 Å². The molecule has 2 N–H and O–H groups in total. The summed E-state index contributed by atoms with van der Waals surface area (Å²) in [5, 5.41) is 17.6. The summed E-state index contributed by atoms with van der Waals surface area (Å²) in [6.07, 6.45) is -3.24. The number of hydrogen-bond donors (Lipinski definition) is 2. The van der Waals surface area contributed by atoms with E-state index in [2.05, 4.69) is 16.0 Å². The summed E-state index contributed by atoms with van der Waals surface area (Å²) in [7, 11) is 0. The summed E-state index contributed by atoms with van der Waals surface area (Å²) < 4.78 is 40.2. The van der Waals surface area contributed by atoms with E-state index in [0.29, 0.717) is 23.5 Å². The molecule has 0 unspecified atom stereocenters. The molecule has 4 rings (SSSR count). The number of nitrogens with zero attached hydrogens (tertiary/aromatic N) is 3. The minimum absolute atomic E-state index is 0.170. The molecule has 0 saturated carbocycles. The molecule has 0 aliphatic carbocycles. The zero-order valence-electron chi connectivity index (χ0n) is 16.5. The Balaban J connectivity index is 1.63. The van der Waals surface area contributed by atoms with Crippen molar-refractivity contribution < 1.29 is 22.9 Å². The molecular weight excluding hydrogens is 459 g/mol. The van der Waals surface area contributed by atoms with E-state index >= 15 is 0 Å². The second-order valence-electron chi connectivity index (χ2n) is 6.71. The van der Waals surface area contributed by atoms with Gasteiger partial charge in [0.25, 0.3) is 11.6 Å². The van der Waals surface area contributed by atoms with Crippen LogP contribution in [0.1, 0.15) is 15.9 Å². The maximum absolute atomic E-state index is 12.9. The fraction of sp³-hybridized carbons (Fsp3) is 0.0476. The van der Waals surface area contributed by atoms with E-state index in [1.54, 1.807) is 24.3 Å². The Bertz CT molecular complexity index is 1300. The number of nitro groups is 1. The number of nitrogens with one attached hydrogen (secondary N) is 2. The van der Waals surface area contributed by atoms with Crippen molar-refractivity contribution in [2.24, 2.45) is 0 Å². The van der Waals surface area contributed by atoms with E-state index < -0.39 is 28.3 Å². The first kappa shape index (κ1) is 22.0. The van der Waals surface area contributed by atoms with Gasteiger partial charge in [-0.2, -0.15) is 18.3 Å². The summed E-state index contributed by atoms with van der Waals surface area (Å²) in [6.45, 7) is 0. The Labute approximate surface area is 188 Å². The van der Waals surface area contributed by atoms with Crippen molar-refractivity contribution in [1.29, 1.82) is 0 Å². The zero-order chi connectivity index (χ0) is 23.6. The van der Waals surface area contributed by atoms with Gasteiger partial charge < -0.3 is 0 Å². The maximum atomic E-state index is 12.9. The number of carbonyl (C=O) groups excluding carboxylic acids is 1. The second-order valence-corrected chi connectivity index (χ2v) is 7.66. The van der Waals surface area contributed by atoms with Gasteiger partial charge in [-0.15, -0.1) is 11.3 Å². The van der Waals surface area contributed by atoms with Crippen molar-refractivity contribution in [2.75, 3.05) is 5.43 Å². The Kier molecular flexibility index (Phi) is 5.84. The van der Waals surface area contributed by atoms with Crippen LogP contribution in [-0.2, 0) is 6.18 Å². The van der Waals surface area contributed by atoms with Crippen LogP contribution in [0.5, 0.6) is 0 Å². The monoisotopic (exact) mass is 473 g/mol. The molecule has 0 saturated heterocycles. The number of amides is 1. The average Bonchev–Trinajstić information content (AvgIpc) is 3.47. The van der Waals surface area contributed by atoms with Crippen LogP contribution in [0.3, 0.4) is 0 Å². The number of benzene rings is 2. The Morgan fingerprint density at radius 3 is 2.48 bits per heavy atom. The van der Waals surface area contributed by atoms with Crippen LogP contribution in [0.2, 0.25) is 0 Å². The summed E-state index contributed by atoms with van der Waals surface area (Å²) in [6, 6.07) is 14.6. The molecule has 168 valence electrons. The van der Waals surface area contributed by atoms with E-state index in [1.165, 1.54) is 22.2 Å². The van der Waals surface area contributed by atoms with Crippen molar-refractivity contribution in [2.45, 2.75) is 6.18 Å². The van der Waals surface area contributed by atoms with Gasteiger partial charge in [0.1, 0.15) is 11.4 Å². The highest BCUT2D eigenvalue weighted by molar-refractivity contribution is 7.13. The van der Waals surface area contributed by atoms with Gasteiger partial charge in [0.15, 0.2) is 0 Å². The summed E-state index contributed by atoms with van der Waals surface area (Å²) in [4.78, 5) is 23.9. The van der Waals surface area contributed by atoms with Gasteiger partial charge in [0, 0.05) is 12.3 Å². The number of anilines is 1. The molecule has 2 aromatic carbocycles. The van der Waals surface area contributed by atoms with Crippen LogP contribution in [0.4, 0.5) is 24.5 Å². The number of hydrazine groups is 1. The number of rotatable bonds is 6.